The molecule has 8 nitrogen and oxygen atoms in total. The van der Waals surface area contributed by atoms with Gasteiger partial charge in [-0.25, -0.2) is 0 Å². The monoisotopic (exact) mass is 294 g/mol. The van der Waals surface area contributed by atoms with Crippen LogP contribution in [0.15, 0.2) is 12.1 Å². The summed E-state index contributed by atoms with van der Waals surface area (Å²) in [5.41, 5.74) is 0.264. The largest absolute Gasteiger partial charge is 0.469 e. The van der Waals surface area contributed by atoms with Gasteiger partial charge in [0, 0.05) is 20.1 Å². The molecule has 114 valence electrons. The van der Waals surface area contributed by atoms with Crippen molar-refractivity contribution in [2.24, 2.45) is 0 Å². The first-order valence-electron chi connectivity index (χ1n) is 6.63. The summed E-state index contributed by atoms with van der Waals surface area (Å²) >= 11 is 0. The number of amides is 1. The standard InChI is InChI=1S/C13H18N4O4/c1-14-13(19)10-3-4-11(16-15-10)17-5-6-21-9(8-17)7-12(18)20-2/h3-4,9H,5-8H2,1-2H3,(H,14,19). The van der Waals surface area contributed by atoms with E-state index in [1.165, 1.54) is 14.2 Å². The summed E-state index contributed by atoms with van der Waals surface area (Å²) in [6, 6.07) is 3.35. The molecular weight excluding hydrogens is 276 g/mol. The lowest BCUT2D eigenvalue weighted by atomic mass is 10.2. The number of carbonyl (C=O) groups is 2. The number of carbonyl (C=O) groups excluding carboxylic acids is 2. The molecule has 1 aromatic rings. The predicted octanol–water partition coefficient (Wildman–Crippen LogP) is -0.395. The number of methoxy groups -OCH3 is 1. The minimum Gasteiger partial charge on any atom is -0.469 e. The minimum absolute atomic E-state index is 0.205. The Hall–Kier alpha value is -2.22. The molecule has 0 saturated carbocycles. The van der Waals surface area contributed by atoms with Crippen LogP contribution in [0.3, 0.4) is 0 Å². The number of hydrogen-bond acceptors (Lipinski definition) is 7. The van der Waals surface area contributed by atoms with E-state index in [-0.39, 0.29) is 30.1 Å². The molecule has 1 fully saturated rings. The average Bonchev–Trinajstić information content (AvgIpc) is 2.54. The number of nitrogens with one attached hydrogen (secondary N) is 1. The van der Waals surface area contributed by atoms with Crippen LogP contribution in [-0.4, -0.2) is 62.0 Å². The van der Waals surface area contributed by atoms with E-state index in [1.54, 1.807) is 12.1 Å². The van der Waals surface area contributed by atoms with Gasteiger partial charge < -0.3 is 19.7 Å². The molecule has 2 heterocycles. The van der Waals surface area contributed by atoms with Crippen LogP contribution in [-0.2, 0) is 14.3 Å². The molecule has 1 atom stereocenters. The Morgan fingerprint density at radius 2 is 2.29 bits per heavy atom. The lowest BCUT2D eigenvalue weighted by Crippen LogP contribution is -2.44. The number of hydrogen-bond donors (Lipinski definition) is 1. The maximum Gasteiger partial charge on any atom is 0.308 e. The van der Waals surface area contributed by atoms with Crippen LogP contribution in [0.2, 0.25) is 0 Å². The Bertz CT molecular complexity index is 505. The molecule has 1 aliphatic heterocycles. The highest BCUT2D eigenvalue weighted by atomic mass is 16.5. The van der Waals surface area contributed by atoms with Crippen LogP contribution < -0.4 is 10.2 Å². The van der Waals surface area contributed by atoms with Gasteiger partial charge in [-0.1, -0.05) is 0 Å². The van der Waals surface area contributed by atoms with Crippen molar-refractivity contribution in [3.63, 3.8) is 0 Å². The zero-order chi connectivity index (χ0) is 15.2. The Labute approximate surface area is 122 Å². The van der Waals surface area contributed by atoms with Crippen molar-refractivity contribution in [1.82, 2.24) is 15.5 Å². The Kier molecular flexibility index (Phi) is 5.04. The smallest absolute Gasteiger partial charge is 0.308 e. The lowest BCUT2D eigenvalue weighted by Gasteiger charge is -2.32. The number of morpholine rings is 1. The van der Waals surface area contributed by atoms with Gasteiger partial charge in [-0.3, -0.25) is 9.59 Å². The second-order valence-corrected chi connectivity index (χ2v) is 4.57. The molecule has 1 aliphatic rings. The van der Waals surface area contributed by atoms with Crippen molar-refractivity contribution >= 4 is 17.7 Å². The van der Waals surface area contributed by atoms with Crippen molar-refractivity contribution in [2.45, 2.75) is 12.5 Å². The van der Waals surface area contributed by atoms with E-state index in [2.05, 4.69) is 20.3 Å². The van der Waals surface area contributed by atoms with Crippen LogP contribution in [0.5, 0.6) is 0 Å². The summed E-state index contributed by atoms with van der Waals surface area (Å²) < 4.78 is 10.2. The van der Waals surface area contributed by atoms with Crippen molar-refractivity contribution in [3.8, 4) is 0 Å². The van der Waals surface area contributed by atoms with Crippen molar-refractivity contribution in [1.29, 1.82) is 0 Å². The zero-order valence-electron chi connectivity index (χ0n) is 12.0. The first-order valence-corrected chi connectivity index (χ1v) is 6.63. The van der Waals surface area contributed by atoms with E-state index in [9.17, 15) is 9.59 Å². The molecule has 1 aromatic heterocycles. The van der Waals surface area contributed by atoms with Gasteiger partial charge in [0.2, 0.25) is 0 Å². The number of esters is 1. The zero-order valence-corrected chi connectivity index (χ0v) is 12.0. The first kappa shape index (κ1) is 15.2. The molecule has 0 aromatic carbocycles. The van der Waals surface area contributed by atoms with Gasteiger partial charge in [-0.15, -0.1) is 10.2 Å². The summed E-state index contributed by atoms with van der Waals surface area (Å²) in [5.74, 6) is 0.0725. The molecule has 0 bridgehead atoms. The van der Waals surface area contributed by atoms with Crippen LogP contribution >= 0.6 is 0 Å². The highest BCUT2D eigenvalue weighted by Crippen LogP contribution is 2.16. The molecular formula is C13H18N4O4. The second-order valence-electron chi connectivity index (χ2n) is 4.57. The van der Waals surface area contributed by atoms with Crippen molar-refractivity contribution in [3.05, 3.63) is 17.8 Å². The summed E-state index contributed by atoms with van der Waals surface area (Å²) in [6.45, 7) is 1.69. The molecule has 8 heteroatoms. The fourth-order valence-electron chi connectivity index (χ4n) is 2.06. The maximum absolute atomic E-state index is 11.4. The van der Waals surface area contributed by atoms with E-state index in [1.807, 2.05) is 4.90 Å². The summed E-state index contributed by atoms with van der Waals surface area (Å²) in [7, 11) is 2.89. The van der Waals surface area contributed by atoms with Gasteiger partial charge in [0.05, 0.1) is 26.2 Å². The van der Waals surface area contributed by atoms with Gasteiger partial charge in [0.15, 0.2) is 11.5 Å². The molecule has 2 rings (SSSR count). The molecule has 0 radical (unpaired) electrons. The lowest BCUT2D eigenvalue weighted by molar-refractivity contribution is -0.144. The van der Waals surface area contributed by atoms with E-state index in [0.29, 0.717) is 25.5 Å². The van der Waals surface area contributed by atoms with E-state index in [0.717, 1.165) is 0 Å². The van der Waals surface area contributed by atoms with Crippen LogP contribution in [0.4, 0.5) is 5.82 Å². The summed E-state index contributed by atoms with van der Waals surface area (Å²) in [4.78, 5) is 24.7. The van der Waals surface area contributed by atoms with Gasteiger partial charge in [0.1, 0.15) is 0 Å². The molecule has 1 unspecified atom stereocenters. The maximum atomic E-state index is 11.4. The third kappa shape index (κ3) is 3.88. The third-order valence-electron chi connectivity index (χ3n) is 3.19. The predicted molar refractivity (Wildman–Crippen MR) is 74.0 cm³/mol. The van der Waals surface area contributed by atoms with Crippen molar-refractivity contribution < 1.29 is 19.1 Å². The number of anilines is 1. The Morgan fingerprint density at radius 3 is 2.90 bits per heavy atom. The topological polar surface area (TPSA) is 93.7 Å². The molecule has 0 aliphatic carbocycles. The first-order chi connectivity index (χ1) is 10.1. The van der Waals surface area contributed by atoms with Crippen LogP contribution in [0, 0.1) is 0 Å². The Balaban J connectivity index is 2.00. The van der Waals surface area contributed by atoms with Gasteiger partial charge >= 0.3 is 5.97 Å². The third-order valence-corrected chi connectivity index (χ3v) is 3.19. The average molecular weight is 294 g/mol. The number of rotatable bonds is 4. The molecule has 21 heavy (non-hydrogen) atoms. The number of nitrogens with zero attached hydrogens (tertiary/aromatic N) is 3. The molecule has 1 N–H and O–H groups in total. The highest BCUT2D eigenvalue weighted by molar-refractivity contribution is 5.91. The van der Waals surface area contributed by atoms with Gasteiger partial charge in [0.25, 0.3) is 5.91 Å². The number of aromatic nitrogens is 2. The normalized spacial score (nSPS) is 18.2. The van der Waals surface area contributed by atoms with E-state index in [4.69, 9.17) is 4.74 Å². The Morgan fingerprint density at radius 1 is 1.48 bits per heavy atom. The fraction of sp³-hybridized carbons (Fsp3) is 0.538. The summed E-state index contributed by atoms with van der Waals surface area (Å²) in [5, 5.41) is 10.4. The summed E-state index contributed by atoms with van der Waals surface area (Å²) in [6.07, 6.45) is -0.0249. The van der Waals surface area contributed by atoms with Gasteiger partial charge in [-0.2, -0.15) is 0 Å². The minimum atomic E-state index is -0.303. The molecule has 1 saturated heterocycles. The number of ether oxygens (including phenoxy) is 2. The highest BCUT2D eigenvalue weighted by Gasteiger charge is 2.24. The SMILES string of the molecule is CNC(=O)c1ccc(N2CCOC(CC(=O)OC)C2)nn1. The van der Waals surface area contributed by atoms with Gasteiger partial charge in [-0.05, 0) is 12.1 Å². The van der Waals surface area contributed by atoms with Crippen molar-refractivity contribution in [2.75, 3.05) is 38.8 Å². The quantitative estimate of drug-likeness (QED) is 0.755. The fourth-order valence-corrected chi connectivity index (χ4v) is 2.06. The van der Waals surface area contributed by atoms with Crippen LogP contribution in [0.25, 0.3) is 0 Å². The molecule has 0 spiro atoms. The van der Waals surface area contributed by atoms with Crippen LogP contribution in [0.1, 0.15) is 16.9 Å². The second kappa shape index (κ2) is 6.98. The molecule has 1 amide bonds. The van der Waals surface area contributed by atoms with E-state index >= 15 is 0 Å². The van der Waals surface area contributed by atoms with E-state index < -0.39 is 0 Å².